The molecule has 3 aromatic carbocycles. The molecule has 3 aliphatic rings. The van der Waals surface area contributed by atoms with Crippen molar-refractivity contribution in [1.82, 2.24) is 9.13 Å². The standard InChI is InChI=1S/C38H26N4/c39-23-26-21-36(41-32-16-5-1-3-13-29(32)30-14-9-10-18-33(30)41)37(22-27(26)24-40)42-34-17-6-2-4-15-31(34)38-28-12-8-7-11-25(28)19-20-35(38)42/h3-18,21-22H,1-2,19-20H2. The fourth-order valence-corrected chi connectivity index (χ4v) is 6.93. The molecule has 0 spiro atoms. The van der Waals surface area contributed by atoms with Crippen LogP contribution in [0.3, 0.4) is 0 Å². The van der Waals surface area contributed by atoms with E-state index in [2.05, 4.69) is 118 Å². The molecule has 0 atom stereocenters. The van der Waals surface area contributed by atoms with Crippen LogP contribution in [0.15, 0.2) is 85.0 Å². The molecule has 0 radical (unpaired) electrons. The first-order valence-corrected chi connectivity index (χ1v) is 14.4. The molecule has 0 amide bonds. The maximum atomic E-state index is 10.2. The number of para-hydroxylation sites is 1. The zero-order valence-corrected chi connectivity index (χ0v) is 23.0. The minimum absolute atomic E-state index is 0.379. The van der Waals surface area contributed by atoms with Gasteiger partial charge in [0.05, 0.1) is 39.4 Å². The molecule has 0 saturated carbocycles. The highest BCUT2D eigenvalue weighted by Crippen LogP contribution is 2.45. The third kappa shape index (κ3) is 3.46. The lowest BCUT2D eigenvalue weighted by Crippen LogP contribution is -2.12. The number of fused-ring (bicyclic) bond motifs is 8. The second-order valence-electron chi connectivity index (χ2n) is 11.0. The minimum atomic E-state index is 0.379. The lowest BCUT2D eigenvalue weighted by atomic mass is 9.87. The number of nitrogens with zero attached hydrogens (tertiary/aromatic N) is 4. The van der Waals surface area contributed by atoms with Crippen molar-refractivity contribution < 1.29 is 0 Å². The SMILES string of the molecule is N#Cc1cc(-n2c3c(c4c2CCc2ccccc2-4)C=CCC=C3)c(-n2c3c(c4ccccc42)C=CCC=C3)cc1C#N. The van der Waals surface area contributed by atoms with Crippen LogP contribution in [0.5, 0.6) is 0 Å². The van der Waals surface area contributed by atoms with Gasteiger partial charge in [0.25, 0.3) is 0 Å². The lowest BCUT2D eigenvalue weighted by Gasteiger charge is -2.23. The first-order valence-electron chi connectivity index (χ1n) is 14.4. The summed E-state index contributed by atoms with van der Waals surface area (Å²) >= 11 is 0. The Labute approximate surface area is 244 Å². The van der Waals surface area contributed by atoms with Gasteiger partial charge in [0.2, 0.25) is 0 Å². The zero-order valence-electron chi connectivity index (χ0n) is 23.0. The van der Waals surface area contributed by atoms with Crippen molar-refractivity contribution in [3.8, 4) is 34.6 Å². The first-order chi connectivity index (χ1) is 20.8. The van der Waals surface area contributed by atoms with Crippen molar-refractivity contribution in [3.63, 3.8) is 0 Å². The molecule has 2 aromatic heterocycles. The number of nitriles is 2. The number of rotatable bonds is 2. The Balaban J connectivity index is 1.54. The van der Waals surface area contributed by atoms with Gasteiger partial charge in [0.15, 0.2) is 0 Å². The van der Waals surface area contributed by atoms with Crippen LogP contribution in [0.1, 0.15) is 57.7 Å². The van der Waals surface area contributed by atoms with E-state index in [0.29, 0.717) is 11.1 Å². The highest BCUT2D eigenvalue weighted by atomic mass is 15.1. The molecule has 0 unspecified atom stereocenters. The van der Waals surface area contributed by atoms with Crippen LogP contribution in [0.4, 0.5) is 0 Å². The fourth-order valence-electron chi connectivity index (χ4n) is 6.93. The first kappa shape index (κ1) is 24.2. The smallest absolute Gasteiger partial charge is 0.101 e. The van der Waals surface area contributed by atoms with Gasteiger partial charge in [0, 0.05) is 27.8 Å². The van der Waals surface area contributed by atoms with Crippen molar-refractivity contribution in [2.24, 2.45) is 0 Å². The Morgan fingerprint density at radius 2 is 1.24 bits per heavy atom. The quantitative estimate of drug-likeness (QED) is 0.225. The molecule has 0 aliphatic heterocycles. The normalized spacial score (nSPS) is 14.3. The van der Waals surface area contributed by atoms with E-state index in [4.69, 9.17) is 0 Å². The monoisotopic (exact) mass is 538 g/mol. The summed E-state index contributed by atoms with van der Waals surface area (Å²) in [7, 11) is 0. The summed E-state index contributed by atoms with van der Waals surface area (Å²) in [5.41, 5.74) is 13.3. The Kier molecular flexibility index (Phi) is 5.49. The molecule has 198 valence electrons. The summed E-state index contributed by atoms with van der Waals surface area (Å²) < 4.78 is 4.64. The van der Waals surface area contributed by atoms with E-state index in [0.717, 1.165) is 59.3 Å². The third-order valence-corrected chi connectivity index (χ3v) is 8.72. The van der Waals surface area contributed by atoms with Gasteiger partial charge < -0.3 is 9.13 Å². The topological polar surface area (TPSA) is 57.4 Å². The van der Waals surface area contributed by atoms with Crippen LogP contribution in [0.2, 0.25) is 0 Å². The predicted octanol–water partition coefficient (Wildman–Crippen LogP) is 8.79. The van der Waals surface area contributed by atoms with Crippen molar-refractivity contribution >= 4 is 35.2 Å². The van der Waals surface area contributed by atoms with E-state index in [1.165, 1.54) is 33.5 Å². The Bertz CT molecular complexity index is 2160. The van der Waals surface area contributed by atoms with Gasteiger partial charge in [-0.3, -0.25) is 0 Å². The van der Waals surface area contributed by atoms with Gasteiger partial charge >= 0.3 is 0 Å². The summed E-state index contributed by atoms with van der Waals surface area (Å²) in [5.74, 6) is 0. The molecule has 0 N–H and O–H groups in total. The number of aromatic nitrogens is 2. The van der Waals surface area contributed by atoms with Gasteiger partial charge in [-0.2, -0.15) is 10.5 Å². The van der Waals surface area contributed by atoms with Crippen LogP contribution in [-0.2, 0) is 12.8 Å². The van der Waals surface area contributed by atoms with E-state index in [1.807, 2.05) is 12.1 Å². The second-order valence-corrected chi connectivity index (χ2v) is 11.0. The number of aryl methyl sites for hydroxylation is 1. The molecule has 4 nitrogen and oxygen atoms in total. The van der Waals surface area contributed by atoms with Crippen LogP contribution in [-0.4, -0.2) is 9.13 Å². The molecule has 0 bridgehead atoms. The molecule has 5 aromatic rings. The average Bonchev–Trinajstić information content (AvgIpc) is 3.24. The number of allylic oxidation sites excluding steroid dienone is 4. The second kappa shape index (κ2) is 9.51. The van der Waals surface area contributed by atoms with Crippen LogP contribution in [0.25, 0.3) is 57.7 Å². The van der Waals surface area contributed by atoms with Gasteiger partial charge in [-0.05, 0) is 67.2 Å². The minimum Gasteiger partial charge on any atom is -0.311 e. The largest absolute Gasteiger partial charge is 0.311 e. The number of hydrogen-bond acceptors (Lipinski definition) is 2. The Morgan fingerprint density at radius 1 is 0.619 bits per heavy atom. The third-order valence-electron chi connectivity index (χ3n) is 8.72. The molecule has 3 aliphatic carbocycles. The fraction of sp³-hybridized carbons (Fsp3) is 0.105. The maximum Gasteiger partial charge on any atom is 0.101 e. The molecule has 42 heavy (non-hydrogen) atoms. The number of hydrogen-bond donors (Lipinski definition) is 0. The average molecular weight is 539 g/mol. The summed E-state index contributed by atoms with van der Waals surface area (Å²) in [6.07, 6.45) is 21.2. The van der Waals surface area contributed by atoms with Crippen LogP contribution >= 0.6 is 0 Å². The lowest BCUT2D eigenvalue weighted by molar-refractivity contribution is 0.845. The maximum absolute atomic E-state index is 10.2. The van der Waals surface area contributed by atoms with E-state index >= 15 is 0 Å². The summed E-state index contributed by atoms with van der Waals surface area (Å²) in [4.78, 5) is 0. The predicted molar refractivity (Wildman–Crippen MR) is 170 cm³/mol. The summed E-state index contributed by atoms with van der Waals surface area (Å²) in [6, 6.07) is 25.6. The van der Waals surface area contributed by atoms with Gasteiger partial charge in [-0.1, -0.05) is 78.9 Å². The van der Waals surface area contributed by atoms with Crippen molar-refractivity contribution in [1.29, 1.82) is 10.5 Å². The van der Waals surface area contributed by atoms with Crippen molar-refractivity contribution in [2.45, 2.75) is 25.7 Å². The molecular weight excluding hydrogens is 512 g/mol. The molecule has 0 fully saturated rings. The van der Waals surface area contributed by atoms with E-state index in [1.54, 1.807) is 0 Å². The highest BCUT2D eigenvalue weighted by molar-refractivity contribution is 5.97. The number of benzene rings is 3. The molecule has 2 heterocycles. The summed E-state index contributed by atoms with van der Waals surface area (Å²) in [5, 5.41) is 21.5. The van der Waals surface area contributed by atoms with E-state index in [9.17, 15) is 10.5 Å². The Hall–Kier alpha value is -5.58. The Morgan fingerprint density at radius 3 is 2.00 bits per heavy atom. The molecule has 4 heteroatoms. The summed E-state index contributed by atoms with van der Waals surface area (Å²) in [6.45, 7) is 0. The van der Waals surface area contributed by atoms with Gasteiger partial charge in [-0.15, -0.1) is 0 Å². The van der Waals surface area contributed by atoms with Crippen LogP contribution < -0.4 is 0 Å². The van der Waals surface area contributed by atoms with Crippen molar-refractivity contribution in [3.05, 3.63) is 130 Å². The molecule has 8 rings (SSSR count). The van der Waals surface area contributed by atoms with Crippen LogP contribution in [0, 0.1) is 22.7 Å². The van der Waals surface area contributed by atoms with Gasteiger partial charge in [-0.25, -0.2) is 0 Å². The van der Waals surface area contributed by atoms with Crippen molar-refractivity contribution in [2.75, 3.05) is 0 Å². The van der Waals surface area contributed by atoms with E-state index < -0.39 is 0 Å². The molecular formula is C38H26N4. The van der Waals surface area contributed by atoms with E-state index in [-0.39, 0.29) is 0 Å². The molecule has 0 saturated heterocycles. The highest BCUT2D eigenvalue weighted by Gasteiger charge is 2.30. The van der Waals surface area contributed by atoms with Gasteiger partial charge in [0.1, 0.15) is 12.1 Å². The zero-order chi connectivity index (χ0) is 28.2.